The molecule has 4 aromatic rings. The number of carbonyl (C=O) groups excluding carboxylic acids is 1. The third-order valence-electron chi connectivity index (χ3n) is 5.39. The molecule has 0 bridgehead atoms. The molecule has 2 N–H and O–H groups in total. The molecule has 1 amide bonds. The van der Waals surface area contributed by atoms with Gasteiger partial charge in [-0.1, -0.05) is 29.4 Å². The van der Waals surface area contributed by atoms with Gasteiger partial charge in [0.05, 0.1) is 28.0 Å². The van der Waals surface area contributed by atoms with Gasteiger partial charge in [-0.05, 0) is 38.1 Å². The summed E-state index contributed by atoms with van der Waals surface area (Å²) in [7, 11) is 0. The molecule has 0 radical (unpaired) electrons. The van der Waals surface area contributed by atoms with Gasteiger partial charge in [0.1, 0.15) is 5.76 Å². The van der Waals surface area contributed by atoms with E-state index in [0.29, 0.717) is 5.69 Å². The van der Waals surface area contributed by atoms with Crippen molar-refractivity contribution in [2.24, 2.45) is 5.73 Å². The van der Waals surface area contributed by atoms with Crippen molar-refractivity contribution in [2.75, 3.05) is 0 Å². The van der Waals surface area contributed by atoms with Crippen molar-refractivity contribution >= 4 is 17.7 Å². The Kier molecular flexibility index (Phi) is 6.40. The van der Waals surface area contributed by atoms with Crippen molar-refractivity contribution in [2.45, 2.75) is 26.2 Å². The summed E-state index contributed by atoms with van der Waals surface area (Å²) in [5.41, 5.74) is 4.75. The zero-order valence-electron chi connectivity index (χ0n) is 19.1. The van der Waals surface area contributed by atoms with E-state index in [2.05, 4.69) is 15.2 Å². The zero-order chi connectivity index (χ0) is 27.1. The topological polar surface area (TPSA) is 99.8 Å². The van der Waals surface area contributed by atoms with Crippen LogP contribution in [-0.2, 0) is 17.1 Å². The summed E-state index contributed by atoms with van der Waals surface area (Å²) in [6.45, 7) is 3.13. The molecule has 2 heterocycles. The molecule has 0 unspecified atom stereocenters. The molecular weight excluding hydrogens is 504 g/mol. The van der Waals surface area contributed by atoms with E-state index in [4.69, 9.17) is 10.3 Å². The Hall–Kier alpha value is -4.42. The first-order chi connectivity index (χ1) is 17.3. The Morgan fingerprint density at radius 2 is 1.41 bits per heavy atom. The van der Waals surface area contributed by atoms with Gasteiger partial charge in [0.25, 0.3) is 5.91 Å². The molecule has 37 heavy (non-hydrogen) atoms. The number of carbonyl (C=O) groups is 1. The molecule has 0 atom stereocenters. The van der Waals surface area contributed by atoms with Crippen LogP contribution in [0.2, 0.25) is 0 Å². The first-order valence-corrected chi connectivity index (χ1v) is 10.5. The minimum Gasteiger partial charge on any atom is -0.366 e. The summed E-state index contributed by atoms with van der Waals surface area (Å²) < 4.78 is 84.3. The number of aromatic nitrogens is 4. The molecule has 0 fully saturated rings. The third kappa shape index (κ3) is 5.25. The van der Waals surface area contributed by atoms with E-state index in [0.717, 1.165) is 53.2 Å². The molecule has 0 spiro atoms. The second-order valence-corrected chi connectivity index (χ2v) is 7.96. The van der Waals surface area contributed by atoms with Crippen molar-refractivity contribution in [3.8, 4) is 22.8 Å². The highest BCUT2D eigenvalue weighted by molar-refractivity contribution is 6.22. The molecule has 0 aliphatic carbocycles. The van der Waals surface area contributed by atoms with E-state index in [-0.39, 0.29) is 39.7 Å². The molecule has 7 nitrogen and oxygen atoms in total. The molecule has 0 aliphatic heterocycles. The van der Waals surface area contributed by atoms with Crippen molar-refractivity contribution in [1.29, 1.82) is 0 Å². The molecule has 192 valence electrons. The fourth-order valence-electron chi connectivity index (χ4n) is 3.59. The predicted octanol–water partition coefficient (Wildman–Crippen LogP) is 5.74. The number of rotatable bonds is 5. The number of hydrogen-bond donors (Lipinski definition) is 1. The number of nitrogens with zero attached hydrogens (tertiary/aromatic N) is 4. The monoisotopic (exact) mass is 521 g/mol. The van der Waals surface area contributed by atoms with Crippen LogP contribution in [0.1, 0.15) is 28.1 Å². The first-order valence-electron chi connectivity index (χ1n) is 10.5. The van der Waals surface area contributed by atoms with E-state index in [1.807, 2.05) is 0 Å². The second-order valence-electron chi connectivity index (χ2n) is 7.96. The lowest BCUT2D eigenvalue weighted by Crippen LogP contribution is -2.15. The highest BCUT2D eigenvalue weighted by atomic mass is 19.4. The lowest BCUT2D eigenvalue weighted by molar-refractivity contribution is -0.138. The van der Waals surface area contributed by atoms with Crippen LogP contribution < -0.4 is 5.73 Å². The molecule has 2 aromatic carbocycles. The van der Waals surface area contributed by atoms with Crippen LogP contribution in [0.25, 0.3) is 34.5 Å². The van der Waals surface area contributed by atoms with Crippen LogP contribution in [0.5, 0.6) is 0 Å². The van der Waals surface area contributed by atoms with Gasteiger partial charge in [-0.3, -0.25) is 4.79 Å². The highest BCUT2D eigenvalue weighted by Gasteiger charge is 2.31. The van der Waals surface area contributed by atoms with E-state index < -0.39 is 29.4 Å². The average Bonchev–Trinajstić information content (AvgIpc) is 3.39. The first kappa shape index (κ1) is 25.7. The van der Waals surface area contributed by atoms with Gasteiger partial charge in [-0.2, -0.15) is 26.3 Å². The van der Waals surface area contributed by atoms with E-state index in [1.54, 1.807) is 13.8 Å². The van der Waals surface area contributed by atoms with Gasteiger partial charge >= 0.3 is 12.4 Å². The minimum atomic E-state index is -4.57. The smallest absolute Gasteiger partial charge is 0.366 e. The predicted molar refractivity (Wildman–Crippen MR) is 120 cm³/mol. The van der Waals surface area contributed by atoms with Gasteiger partial charge in [-0.15, -0.1) is 5.10 Å². The van der Waals surface area contributed by atoms with Crippen LogP contribution in [0.15, 0.2) is 53.1 Å². The van der Waals surface area contributed by atoms with Crippen molar-refractivity contribution < 1.29 is 35.7 Å². The summed E-state index contributed by atoms with van der Waals surface area (Å²) in [6.07, 6.45) is -7.91. The van der Waals surface area contributed by atoms with Crippen molar-refractivity contribution in [3.05, 3.63) is 76.7 Å². The number of alkyl halides is 6. The largest absolute Gasteiger partial charge is 0.416 e. The summed E-state index contributed by atoms with van der Waals surface area (Å²) in [4.78, 5) is 16.6. The number of benzene rings is 2. The second kappa shape index (κ2) is 9.22. The minimum absolute atomic E-state index is 0.00846. The number of primary amides is 1. The fraction of sp³-hybridized carbons (Fsp3) is 0.167. The van der Waals surface area contributed by atoms with Crippen molar-refractivity contribution in [1.82, 2.24) is 19.9 Å². The Morgan fingerprint density at radius 1 is 0.892 bits per heavy atom. The van der Waals surface area contributed by atoms with Gasteiger partial charge < -0.3 is 10.3 Å². The van der Waals surface area contributed by atoms with Crippen molar-refractivity contribution in [3.63, 3.8) is 0 Å². The normalized spacial score (nSPS) is 12.7. The Labute approximate surface area is 205 Å². The number of halogens is 6. The molecule has 4 rings (SSSR count). The maximum Gasteiger partial charge on any atom is 0.416 e. The Morgan fingerprint density at radius 3 is 1.84 bits per heavy atom. The number of amides is 1. The maximum atomic E-state index is 13.0. The van der Waals surface area contributed by atoms with E-state index in [9.17, 15) is 31.1 Å². The summed E-state index contributed by atoms with van der Waals surface area (Å²) in [5, 5.41) is 8.07. The molecular formula is C24H17F6N5O2. The molecule has 0 aliphatic rings. The van der Waals surface area contributed by atoms with Gasteiger partial charge in [-0.25, -0.2) is 9.67 Å². The van der Waals surface area contributed by atoms with Crippen LogP contribution in [0.4, 0.5) is 26.3 Å². The lowest BCUT2D eigenvalue weighted by atomic mass is 10.0. The van der Waals surface area contributed by atoms with Gasteiger partial charge in [0, 0.05) is 17.3 Å². The summed E-state index contributed by atoms with van der Waals surface area (Å²) >= 11 is 0. The SMILES string of the molecule is Cc1noc(C)c1/C(=C\n1nc(-c2ccc(C(F)(F)F)cc2)nc1-c1ccc(C(F)(F)F)cc1)C(N)=O. The van der Waals surface area contributed by atoms with Gasteiger partial charge in [0.2, 0.25) is 0 Å². The zero-order valence-corrected chi connectivity index (χ0v) is 19.1. The quantitative estimate of drug-likeness (QED) is 0.267. The molecule has 2 aromatic heterocycles. The average molecular weight is 521 g/mol. The lowest BCUT2D eigenvalue weighted by Gasteiger charge is -2.08. The van der Waals surface area contributed by atoms with E-state index in [1.165, 1.54) is 6.20 Å². The van der Waals surface area contributed by atoms with Crippen LogP contribution in [0.3, 0.4) is 0 Å². The standard InChI is InChI=1S/C24H17F6N5O2/c1-12-19(13(2)37-34-12)18(20(31)36)11-35-22(15-5-9-17(10-6-15)24(28,29)30)32-21(33-35)14-3-7-16(8-4-14)23(25,26)27/h3-11H,1-2H3,(H2,31,36)/b18-11+. The molecule has 13 heteroatoms. The number of aryl methyl sites for hydroxylation is 2. The van der Waals surface area contributed by atoms with Crippen LogP contribution >= 0.6 is 0 Å². The Balaban J connectivity index is 1.89. The molecule has 0 saturated heterocycles. The summed E-state index contributed by atoms with van der Waals surface area (Å²) in [6, 6.07) is 8.03. The molecule has 0 saturated carbocycles. The van der Waals surface area contributed by atoms with Gasteiger partial charge in [0.15, 0.2) is 11.6 Å². The third-order valence-corrected chi connectivity index (χ3v) is 5.39. The fourth-order valence-corrected chi connectivity index (χ4v) is 3.59. The number of hydrogen-bond acceptors (Lipinski definition) is 5. The van der Waals surface area contributed by atoms with E-state index >= 15 is 0 Å². The highest BCUT2D eigenvalue weighted by Crippen LogP contribution is 2.33. The Bertz CT molecular complexity index is 1460. The van der Waals surface area contributed by atoms with Crippen LogP contribution in [0, 0.1) is 13.8 Å². The summed E-state index contributed by atoms with van der Waals surface area (Å²) in [5.74, 6) is -0.627. The maximum absolute atomic E-state index is 13.0. The van der Waals surface area contributed by atoms with Crippen LogP contribution in [-0.4, -0.2) is 25.8 Å². The number of nitrogens with two attached hydrogens (primary N) is 1.